The van der Waals surface area contributed by atoms with E-state index in [-0.39, 0.29) is 6.04 Å². The first-order chi connectivity index (χ1) is 9.88. The average Bonchev–Trinajstić information content (AvgIpc) is 2.92. The fourth-order valence-electron chi connectivity index (χ4n) is 2.35. The molecule has 0 spiro atoms. The fraction of sp³-hybridized carbons (Fsp3) is 0.176. The first kappa shape index (κ1) is 13.6. The van der Waals surface area contributed by atoms with Gasteiger partial charge in [0.05, 0.1) is 0 Å². The zero-order valence-corrected chi connectivity index (χ0v) is 12.6. The summed E-state index contributed by atoms with van der Waals surface area (Å²) in [5.41, 5.74) is 2.58. The van der Waals surface area contributed by atoms with Gasteiger partial charge in [-0.3, -0.25) is 0 Å². The quantitative estimate of drug-likeness (QED) is 0.656. The maximum atomic E-state index is 6.10. The summed E-state index contributed by atoms with van der Waals surface area (Å²) in [5, 5.41) is 7.12. The molecule has 0 bridgehead atoms. The van der Waals surface area contributed by atoms with Gasteiger partial charge in [0.1, 0.15) is 0 Å². The molecule has 0 amide bonds. The van der Waals surface area contributed by atoms with E-state index in [9.17, 15) is 0 Å². The van der Waals surface area contributed by atoms with Crippen LogP contribution in [0.25, 0.3) is 10.1 Å². The van der Waals surface area contributed by atoms with Crippen molar-refractivity contribution in [2.45, 2.75) is 12.6 Å². The molecule has 0 aliphatic rings. The number of benzene rings is 2. The average molecular weight is 302 g/mol. The van der Waals surface area contributed by atoms with E-state index < -0.39 is 0 Å². The summed E-state index contributed by atoms with van der Waals surface area (Å²) >= 11 is 7.90. The Hall–Kier alpha value is -1.35. The lowest BCUT2D eigenvalue weighted by molar-refractivity contribution is 0.582. The van der Waals surface area contributed by atoms with Crippen molar-refractivity contribution in [3.8, 4) is 0 Å². The third-order valence-electron chi connectivity index (χ3n) is 3.46. The van der Waals surface area contributed by atoms with Crippen LogP contribution in [0, 0.1) is 0 Å². The predicted octanol–water partition coefficient (Wildman–Crippen LogP) is 4.97. The van der Waals surface area contributed by atoms with Gasteiger partial charge < -0.3 is 5.32 Å². The van der Waals surface area contributed by atoms with Crippen LogP contribution in [0.4, 0.5) is 0 Å². The maximum absolute atomic E-state index is 6.10. The lowest BCUT2D eigenvalue weighted by Crippen LogP contribution is -2.22. The highest BCUT2D eigenvalue weighted by Gasteiger charge is 2.10. The summed E-state index contributed by atoms with van der Waals surface area (Å²) in [5.74, 6) is 0.575. The molecule has 0 aliphatic heterocycles. The first-order valence-corrected chi connectivity index (χ1v) is 8.09. The Balaban J connectivity index is 1.75. The summed E-state index contributed by atoms with van der Waals surface area (Å²) < 4.78 is 1.34. The minimum atomic E-state index is 0.191. The lowest BCUT2D eigenvalue weighted by Gasteiger charge is -2.16. The second-order valence-corrected chi connectivity index (χ2v) is 5.98. The number of thiophene rings is 1. The largest absolute Gasteiger partial charge is 0.305 e. The third-order valence-corrected chi connectivity index (χ3v) is 4.78. The van der Waals surface area contributed by atoms with Gasteiger partial charge in [-0.1, -0.05) is 48.5 Å². The molecule has 3 aromatic rings. The molecule has 0 fully saturated rings. The molecule has 1 unspecified atom stereocenters. The Labute approximate surface area is 128 Å². The molecule has 3 heteroatoms. The number of rotatable bonds is 5. The summed E-state index contributed by atoms with van der Waals surface area (Å²) in [7, 11) is 0. The van der Waals surface area contributed by atoms with Crippen molar-refractivity contribution in [2.75, 3.05) is 5.88 Å². The molecule has 0 saturated heterocycles. The van der Waals surface area contributed by atoms with Crippen LogP contribution < -0.4 is 5.32 Å². The maximum Gasteiger partial charge on any atom is 0.0460 e. The van der Waals surface area contributed by atoms with Crippen molar-refractivity contribution in [1.82, 2.24) is 5.32 Å². The van der Waals surface area contributed by atoms with E-state index in [1.807, 2.05) is 6.07 Å². The summed E-state index contributed by atoms with van der Waals surface area (Å²) in [6.07, 6.45) is 0. The van der Waals surface area contributed by atoms with Gasteiger partial charge in [-0.05, 0) is 28.0 Å². The highest BCUT2D eigenvalue weighted by molar-refractivity contribution is 7.17. The Bertz CT molecular complexity index is 678. The van der Waals surface area contributed by atoms with E-state index in [0.29, 0.717) is 5.88 Å². The van der Waals surface area contributed by atoms with Crippen molar-refractivity contribution in [1.29, 1.82) is 0 Å². The van der Waals surface area contributed by atoms with Crippen LogP contribution in [0.15, 0.2) is 60.0 Å². The van der Waals surface area contributed by atoms with Crippen LogP contribution >= 0.6 is 22.9 Å². The van der Waals surface area contributed by atoms with Crippen molar-refractivity contribution >= 4 is 33.0 Å². The van der Waals surface area contributed by atoms with Crippen LogP contribution in [0.2, 0.25) is 0 Å². The zero-order valence-electron chi connectivity index (χ0n) is 11.1. The summed E-state index contributed by atoms with van der Waals surface area (Å²) in [4.78, 5) is 0. The Morgan fingerprint density at radius 2 is 1.75 bits per heavy atom. The molecular weight excluding hydrogens is 286 g/mol. The highest BCUT2D eigenvalue weighted by atomic mass is 35.5. The number of hydrogen-bond acceptors (Lipinski definition) is 2. The number of halogens is 1. The first-order valence-electron chi connectivity index (χ1n) is 6.68. The Morgan fingerprint density at radius 3 is 2.55 bits per heavy atom. The molecular formula is C17H16ClNS. The molecule has 1 N–H and O–H groups in total. The molecule has 102 valence electrons. The normalized spacial score (nSPS) is 12.7. The van der Waals surface area contributed by atoms with Crippen LogP contribution in [-0.4, -0.2) is 5.88 Å². The molecule has 0 aliphatic carbocycles. The van der Waals surface area contributed by atoms with Crippen molar-refractivity contribution in [3.63, 3.8) is 0 Å². The molecule has 20 heavy (non-hydrogen) atoms. The van der Waals surface area contributed by atoms with E-state index in [2.05, 4.69) is 59.2 Å². The van der Waals surface area contributed by atoms with Crippen molar-refractivity contribution in [2.24, 2.45) is 0 Å². The summed E-state index contributed by atoms with van der Waals surface area (Å²) in [6.45, 7) is 0.844. The van der Waals surface area contributed by atoms with Gasteiger partial charge in [-0.2, -0.15) is 0 Å². The topological polar surface area (TPSA) is 12.0 Å². The molecule has 2 aromatic carbocycles. The third kappa shape index (κ3) is 2.88. The van der Waals surface area contributed by atoms with Gasteiger partial charge in [-0.25, -0.2) is 0 Å². The van der Waals surface area contributed by atoms with E-state index in [0.717, 1.165) is 6.54 Å². The second kappa shape index (κ2) is 6.40. The van der Waals surface area contributed by atoms with Crippen LogP contribution in [0.3, 0.4) is 0 Å². The van der Waals surface area contributed by atoms with Gasteiger partial charge >= 0.3 is 0 Å². The van der Waals surface area contributed by atoms with Gasteiger partial charge in [0.25, 0.3) is 0 Å². The highest BCUT2D eigenvalue weighted by Crippen LogP contribution is 2.26. The minimum Gasteiger partial charge on any atom is -0.305 e. The van der Waals surface area contributed by atoms with Gasteiger partial charge in [0.15, 0.2) is 0 Å². The van der Waals surface area contributed by atoms with Gasteiger partial charge in [-0.15, -0.1) is 22.9 Å². The predicted molar refractivity (Wildman–Crippen MR) is 88.6 cm³/mol. The Morgan fingerprint density at radius 1 is 1.00 bits per heavy atom. The number of nitrogens with one attached hydrogen (secondary N) is 1. The smallest absolute Gasteiger partial charge is 0.0460 e. The van der Waals surface area contributed by atoms with Crippen LogP contribution in [0.5, 0.6) is 0 Å². The van der Waals surface area contributed by atoms with E-state index in [1.165, 1.54) is 21.2 Å². The second-order valence-electron chi connectivity index (χ2n) is 4.76. The minimum absolute atomic E-state index is 0.191. The fourth-order valence-corrected chi connectivity index (χ4v) is 3.60. The van der Waals surface area contributed by atoms with Crippen molar-refractivity contribution < 1.29 is 0 Å². The molecule has 0 radical (unpaired) electrons. The molecule has 1 nitrogen and oxygen atoms in total. The SMILES string of the molecule is ClCC(NCc1csc2ccccc12)c1ccccc1. The van der Waals surface area contributed by atoms with Crippen LogP contribution in [0.1, 0.15) is 17.2 Å². The number of fused-ring (bicyclic) bond motifs is 1. The number of hydrogen-bond donors (Lipinski definition) is 1. The molecule has 1 atom stereocenters. The molecule has 0 saturated carbocycles. The van der Waals surface area contributed by atoms with Crippen molar-refractivity contribution in [3.05, 3.63) is 71.1 Å². The van der Waals surface area contributed by atoms with Gasteiger partial charge in [0, 0.05) is 23.2 Å². The monoisotopic (exact) mass is 301 g/mol. The van der Waals surface area contributed by atoms with E-state index >= 15 is 0 Å². The molecule has 3 rings (SSSR count). The van der Waals surface area contributed by atoms with Crippen LogP contribution in [-0.2, 0) is 6.54 Å². The summed E-state index contributed by atoms with van der Waals surface area (Å²) in [6, 6.07) is 19.1. The zero-order chi connectivity index (χ0) is 13.8. The van der Waals surface area contributed by atoms with E-state index in [4.69, 9.17) is 11.6 Å². The standard InChI is InChI=1S/C17H16ClNS/c18-10-16(13-6-2-1-3-7-13)19-11-14-12-20-17-9-5-4-8-15(14)17/h1-9,12,16,19H,10-11H2. The molecule has 1 aromatic heterocycles. The van der Waals surface area contributed by atoms with Gasteiger partial charge in [0.2, 0.25) is 0 Å². The van der Waals surface area contributed by atoms with E-state index in [1.54, 1.807) is 11.3 Å². The molecule has 1 heterocycles. The number of alkyl halides is 1. The lowest BCUT2D eigenvalue weighted by atomic mass is 10.1. The Kier molecular flexibility index (Phi) is 4.36.